The Kier molecular flexibility index (Phi) is 6.46. The first-order valence-electron chi connectivity index (χ1n) is 3.21. The molecular formula is C7H14N2O2. The number of hydrogen-bond donors (Lipinski definition) is 2. The van der Waals surface area contributed by atoms with Gasteiger partial charge in [-0.1, -0.05) is 0 Å². The van der Waals surface area contributed by atoms with Gasteiger partial charge in [-0.25, -0.2) is 0 Å². The molecule has 0 spiro atoms. The fourth-order valence-electron chi connectivity index (χ4n) is 0.470. The zero-order chi connectivity index (χ0) is 8.53. The topological polar surface area (TPSA) is 70.5 Å². The van der Waals surface area contributed by atoms with E-state index >= 15 is 0 Å². The van der Waals surface area contributed by atoms with Crippen LogP contribution in [-0.2, 0) is 9.47 Å². The molecule has 0 radical (unpaired) electrons. The lowest BCUT2D eigenvalue weighted by atomic mass is 10.4. The second-order valence-electron chi connectivity index (χ2n) is 1.88. The summed E-state index contributed by atoms with van der Waals surface area (Å²) in [6.45, 7) is 0.610. The van der Waals surface area contributed by atoms with Gasteiger partial charge in [-0.15, -0.1) is 0 Å². The van der Waals surface area contributed by atoms with Crippen molar-refractivity contribution in [1.29, 1.82) is 0 Å². The lowest BCUT2D eigenvalue weighted by Crippen LogP contribution is -2.07. The first kappa shape index (κ1) is 10.0. The molecule has 0 heterocycles. The molecule has 0 aromatic heterocycles. The van der Waals surface area contributed by atoms with Crippen molar-refractivity contribution in [2.75, 3.05) is 20.5 Å². The van der Waals surface area contributed by atoms with Gasteiger partial charge in [0.2, 0.25) is 0 Å². The molecule has 0 aliphatic carbocycles. The summed E-state index contributed by atoms with van der Waals surface area (Å²) in [5, 5.41) is 0. The minimum Gasteiger partial charge on any atom is -0.405 e. The van der Waals surface area contributed by atoms with Gasteiger partial charge in [-0.2, -0.15) is 0 Å². The number of methoxy groups -OCH3 is 1. The van der Waals surface area contributed by atoms with E-state index in [0.717, 1.165) is 0 Å². The average molecular weight is 158 g/mol. The van der Waals surface area contributed by atoms with Gasteiger partial charge in [0.05, 0.1) is 6.61 Å². The van der Waals surface area contributed by atoms with Crippen molar-refractivity contribution in [3.05, 3.63) is 24.0 Å². The number of nitrogens with two attached hydrogens (primary N) is 2. The molecule has 64 valence electrons. The molecule has 0 fully saturated rings. The van der Waals surface area contributed by atoms with E-state index in [-0.39, 0.29) is 6.79 Å². The van der Waals surface area contributed by atoms with E-state index in [4.69, 9.17) is 16.2 Å². The first-order valence-corrected chi connectivity index (χ1v) is 3.21. The zero-order valence-electron chi connectivity index (χ0n) is 6.62. The predicted molar refractivity (Wildman–Crippen MR) is 43.4 cm³/mol. The zero-order valence-corrected chi connectivity index (χ0v) is 6.62. The van der Waals surface area contributed by atoms with Crippen molar-refractivity contribution in [3.8, 4) is 0 Å². The Hall–Kier alpha value is -1.00. The third-order valence-corrected chi connectivity index (χ3v) is 0.891. The Labute approximate surface area is 66.5 Å². The molecule has 0 bridgehead atoms. The summed E-state index contributed by atoms with van der Waals surface area (Å²) in [6.07, 6.45) is 4.73. The van der Waals surface area contributed by atoms with E-state index in [9.17, 15) is 0 Å². The van der Waals surface area contributed by atoms with Crippen molar-refractivity contribution in [3.63, 3.8) is 0 Å². The largest absolute Gasteiger partial charge is 0.405 e. The van der Waals surface area contributed by atoms with Crippen molar-refractivity contribution in [2.24, 2.45) is 11.5 Å². The fourth-order valence-corrected chi connectivity index (χ4v) is 0.470. The molecule has 0 unspecified atom stereocenters. The summed E-state index contributed by atoms with van der Waals surface area (Å²) in [5.74, 6) is 0. The van der Waals surface area contributed by atoms with Crippen LogP contribution in [0.15, 0.2) is 24.0 Å². The Morgan fingerprint density at radius 3 is 2.82 bits per heavy atom. The average Bonchev–Trinajstić information content (AvgIpc) is 2.01. The van der Waals surface area contributed by atoms with E-state index < -0.39 is 0 Å². The highest BCUT2D eigenvalue weighted by atomic mass is 16.7. The standard InChI is InChI=1S/C7H14N2O2/c1-10-6-11-5-7(9)3-2-4-8/h2-4H,5-6,8-9H2,1H3/b4-2-,7-3-. The third-order valence-electron chi connectivity index (χ3n) is 0.891. The molecule has 0 saturated heterocycles. The maximum Gasteiger partial charge on any atom is 0.146 e. The maximum absolute atomic E-state index is 5.47. The second-order valence-corrected chi connectivity index (χ2v) is 1.88. The van der Waals surface area contributed by atoms with Gasteiger partial charge >= 0.3 is 0 Å². The second kappa shape index (κ2) is 7.11. The lowest BCUT2D eigenvalue weighted by molar-refractivity contribution is -0.0213. The minimum atomic E-state index is 0.251. The van der Waals surface area contributed by atoms with Crippen molar-refractivity contribution in [1.82, 2.24) is 0 Å². The van der Waals surface area contributed by atoms with Crippen LogP contribution in [0.4, 0.5) is 0 Å². The van der Waals surface area contributed by atoms with Crippen molar-refractivity contribution >= 4 is 0 Å². The lowest BCUT2D eigenvalue weighted by Gasteiger charge is -2.00. The van der Waals surface area contributed by atoms with Gasteiger partial charge in [0.15, 0.2) is 0 Å². The summed E-state index contributed by atoms with van der Waals surface area (Å²) in [6, 6.07) is 0. The molecule has 0 aromatic carbocycles. The maximum atomic E-state index is 5.47. The van der Waals surface area contributed by atoms with E-state index in [2.05, 4.69) is 4.74 Å². The smallest absolute Gasteiger partial charge is 0.146 e. The monoisotopic (exact) mass is 158 g/mol. The highest BCUT2D eigenvalue weighted by Gasteiger charge is 1.87. The Balaban J connectivity index is 3.42. The number of ether oxygens (including phenoxy) is 2. The molecule has 0 atom stereocenters. The van der Waals surface area contributed by atoms with Crippen LogP contribution in [0.5, 0.6) is 0 Å². The summed E-state index contributed by atoms with van der Waals surface area (Å²) in [7, 11) is 1.56. The van der Waals surface area contributed by atoms with Crippen LogP contribution in [-0.4, -0.2) is 20.5 Å². The van der Waals surface area contributed by atoms with Crippen LogP contribution in [0, 0.1) is 0 Å². The molecule has 11 heavy (non-hydrogen) atoms. The van der Waals surface area contributed by atoms with Crippen LogP contribution in [0.3, 0.4) is 0 Å². The molecule has 0 rings (SSSR count). The Morgan fingerprint density at radius 2 is 2.27 bits per heavy atom. The Morgan fingerprint density at radius 1 is 1.55 bits per heavy atom. The third kappa shape index (κ3) is 6.89. The summed E-state index contributed by atoms with van der Waals surface area (Å²) < 4.78 is 9.60. The Bertz CT molecular complexity index is 143. The van der Waals surface area contributed by atoms with E-state index in [1.165, 1.54) is 6.20 Å². The molecule has 4 N–H and O–H groups in total. The fraction of sp³-hybridized carbons (Fsp3) is 0.429. The molecule has 0 aliphatic heterocycles. The van der Waals surface area contributed by atoms with Crippen LogP contribution in [0.1, 0.15) is 0 Å². The van der Waals surface area contributed by atoms with Gasteiger partial charge in [0.1, 0.15) is 6.79 Å². The van der Waals surface area contributed by atoms with Crippen molar-refractivity contribution < 1.29 is 9.47 Å². The number of allylic oxidation sites excluding steroid dienone is 2. The number of hydrogen-bond acceptors (Lipinski definition) is 4. The van der Waals surface area contributed by atoms with Gasteiger partial charge < -0.3 is 20.9 Å². The summed E-state index contributed by atoms with van der Waals surface area (Å²) in [5.41, 5.74) is 11.2. The van der Waals surface area contributed by atoms with Crippen LogP contribution in [0.2, 0.25) is 0 Å². The highest BCUT2D eigenvalue weighted by Crippen LogP contribution is 1.86. The molecule has 0 amide bonds. The van der Waals surface area contributed by atoms with Crippen LogP contribution >= 0.6 is 0 Å². The first-order chi connectivity index (χ1) is 5.31. The SMILES string of the molecule is COCOC/C(N)=C/C=C\N. The van der Waals surface area contributed by atoms with Gasteiger partial charge in [0, 0.05) is 12.8 Å². The van der Waals surface area contributed by atoms with Gasteiger partial charge in [0.25, 0.3) is 0 Å². The van der Waals surface area contributed by atoms with E-state index in [1.807, 2.05) is 0 Å². The number of rotatable bonds is 5. The minimum absolute atomic E-state index is 0.251. The van der Waals surface area contributed by atoms with Crippen LogP contribution < -0.4 is 11.5 Å². The molecule has 4 nitrogen and oxygen atoms in total. The normalized spacial score (nSPS) is 12.6. The molecular weight excluding hydrogens is 144 g/mol. The predicted octanol–water partition coefficient (Wildman–Crippen LogP) is -0.0781. The molecule has 4 heteroatoms. The highest BCUT2D eigenvalue weighted by molar-refractivity contribution is 5.08. The van der Waals surface area contributed by atoms with Crippen LogP contribution in [0.25, 0.3) is 0 Å². The molecule has 0 aliphatic rings. The molecule has 0 aromatic rings. The van der Waals surface area contributed by atoms with Crippen molar-refractivity contribution in [2.45, 2.75) is 0 Å². The van der Waals surface area contributed by atoms with Gasteiger partial charge in [-0.3, -0.25) is 0 Å². The summed E-state index contributed by atoms with van der Waals surface area (Å²) in [4.78, 5) is 0. The van der Waals surface area contributed by atoms with E-state index in [1.54, 1.807) is 19.3 Å². The van der Waals surface area contributed by atoms with E-state index in [0.29, 0.717) is 12.3 Å². The molecule has 0 saturated carbocycles. The summed E-state index contributed by atoms with van der Waals surface area (Å²) >= 11 is 0. The quantitative estimate of drug-likeness (QED) is 0.333. The van der Waals surface area contributed by atoms with Gasteiger partial charge in [-0.05, 0) is 18.4 Å².